The van der Waals surface area contributed by atoms with Gasteiger partial charge in [-0.2, -0.15) is 0 Å². The number of hydrogen-bond donors (Lipinski definition) is 1. The first-order valence-corrected chi connectivity index (χ1v) is 11.9. The summed E-state index contributed by atoms with van der Waals surface area (Å²) in [7, 11) is 0. The molecule has 4 aliphatic carbocycles. The zero-order valence-electron chi connectivity index (χ0n) is 17.5. The molecule has 5 rings (SSSR count). The van der Waals surface area contributed by atoms with Crippen LogP contribution in [0.4, 0.5) is 0 Å². The van der Waals surface area contributed by atoms with E-state index in [0.717, 1.165) is 34.8 Å². The Morgan fingerprint density at radius 2 is 1.79 bits per heavy atom. The summed E-state index contributed by atoms with van der Waals surface area (Å²) >= 11 is 6.42. The molecule has 4 fully saturated rings. The summed E-state index contributed by atoms with van der Waals surface area (Å²) in [6.07, 6.45) is 14.0. The molecule has 2 heteroatoms. The van der Waals surface area contributed by atoms with E-state index in [2.05, 4.69) is 26.0 Å². The second-order valence-corrected chi connectivity index (χ2v) is 11.2. The molecule has 0 aromatic heterocycles. The molecule has 152 valence electrons. The monoisotopic (exact) mass is 398 g/mol. The average Bonchev–Trinajstić information content (AvgIpc) is 2.94. The molecule has 28 heavy (non-hydrogen) atoms. The van der Waals surface area contributed by atoms with Gasteiger partial charge in [0.2, 0.25) is 0 Å². The standard InChI is InChI=1S/C26H35ClO/c1-25-13-6-5-8-19(25)10-11-20-21(25)12-14-26(2)22(20)16-18(24(26)28)15-17-7-3-4-9-23(17)27/h3-4,7,9,15,19-22,24,28H,5-6,8,10-14,16H2,1-2H3/b18-15-/t19-,20+,21-,22-,24-,25+,26+/m1/s1. The van der Waals surface area contributed by atoms with E-state index in [1.807, 2.05) is 18.2 Å². The van der Waals surface area contributed by atoms with Crippen LogP contribution in [0.1, 0.15) is 77.2 Å². The number of benzene rings is 1. The number of fused-ring (bicyclic) bond motifs is 5. The van der Waals surface area contributed by atoms with Gasteiger partial charge < -0.3 is 5.11 Å². The van der Waals surface area contributed by atoms with E-state index in [0.29, 0.717) is 11.3 Å². The first kappa shape index (κ1) is 19.2. The second-order valence-electron chi connectivity index (χ2n) is 10.8. The highest BCUT2D eigenvalue weighted by Crippen LogP contribution is 2.67. The number of halogens is 1. The molecule has 1 N–H and O–H groups in total. The summed E-state index contributed by atoms with van der Waals surface area (Å²) in [5, 5.41) is 12.2. The van der Waals surface area contributed by atoms with Gasteiger partial charge >= 0.3 is 0 Å². The van der Waals surface area contributed by atoms with E-state index in [-0.39, 0.29) is 11.5 Å². The van der Waals surface area contributed by atoms with Crippen LogP contribution < -0.4 is 0 Å². The van der Waals surface area contributed by atoms with Crippen LogP contribution in [-0.2, 0) is 0 Å². The lowest BCUT2D eigenvalue weighted by Gasteiger charge is -2.60. The van der Waals surface area contributed by atoms with E-state index in [4.69, 9.17) is 11.6 Å². The Labute approximate surface area is 175 Å². The van der Waals surface area contributed by atoms with Crippen LogP contribution in [0.25, 0.3) is 6.08 Å². The van der Waals surface area contributed by atoms with Crippen molar-refractivity contribution in [2.45, 2.75) is 77.7 Å². The normalized spacial score (nSPS) is 46.7. The first-order valence-electron chi connectivity index (χ1n) is 11.6. The zero-order chi connectivity index (χ0) is 19.5. The summed E-state index contributed by atoms with van der Waals surface area (Å²) in [6.45, 7) is 5.00. The van der Waals surface area contributed by atoms with Gasteiger partial charge in [0.05, 0.1) is 6.10 Å². The van der Waals surface area contributed by atoms with Crippen molar-refractivity contribution in [3.63, 3.8) is 0 Å². The van der Waals surface area contributed by atoms with Crippen LogP contribution in [0.15, 0.2) is 29.8 Å². The van der Waals surface area contributed by atoms with Crippen molar-refractivity contribution in [1.29, 1.82) is 0 Å². The maximum atomic E-state index is 11.4. The van der Waals surface area contributed by atoms with E-state index in [1.165, 1.54) is 56.9 Å². The van der Waals surface area contributed by atoms with Gasteiger partial charge in [-0.3, -0.25) is 0 Å². The fraction of sp³-hybridized carbons (Fsp3) is 0.692. The van der Waals surface area contributed by atoms with Gasteiger partial charge in [0.25, 0.3) is 0 Å². The van der Waals surface area contributed by atoms with Crippen molar-refractivity contribution in [1.82, 2.24) is 0 Å². The van der Waals surface area contributed by atoms with Gasteiger partial charge in [0.1, 0.15) is 0 Å². The molecule has 0 radical (unpaired) electrons. The van der Waals surface area contributed by atoms with Gasteiger partial charge in [-0.15, -0.1) is 0 Å². The smallest absolute Gasteiger partial charge is 0.0809 e. The number of aliphatic hydroxyl groups is 1. The lowest BCUT2D eigenvalue weighted by atomic mass is 9.45. The fourth-order valence-electron chi connectivity index (χ4n) is 8.09. The highest BCUT2D eigenvalue weighted by Gasteiger charge is 2.60. The Bertz CT molecular complexity index is 784. The van der Waals surface area contributed by atoms with Gasteiger partial charge in [0.15, 0.2) is 0 Å². The van der Waals surface area contributed by atoms with Gasteiger partial charge in [-0.25, -0.2) is 0 Å². The highest BCUT2D eigenvalue weighted by molar-refractivity contribution is 6.32. The third kappa shape index (κ3) is 2.76. The van der Waals surface area contributed by atoms with E-state index < -0.39 is 0 Å². The third-order valence-electron chi connectivity index (χ3n) is 9.70. The van der Waals surface area contributed by atoms with E-state index in [1.54, 1.807) is 0 Å². The average molecular weight is 399 g/mol. The number of aliphatic hydroxyl groups excluding tert-OH is 1. The van der Waals surface area contributed by atoms with E-state index >= 15 is 0 Å². The minimum absolute atomic E-state index is 0.0477. The van der Waals surface area contributed by atoms with Crippen molar-refractivity contribution in [3.05, 3.63) is 40.4 Å². The highest BCUT2D eigenvalue weighted by atomic mass is 35.5. The summed E-state index contributed by atoms with van der Waals surface area (Å²) < 4.78 is 0. The Kier molecular flexibility index (Phi) is 4.71. The Morgan fingerprint density at radius 3 is 2.61 bits per heavy atom. The number of hydrogen-bond acceptors (Lipinski definition) is 1. The van der Waals surface area contributed by atoms with Crippen LogP contribution in [-0.4, -0.2) is 11.2 Å². The quantitative estimate of drug-likeness (QED) is 0.533. The molecule has 0 aliphatic heterocycles. The third-order valence-corrected chi connectivity index (χ3v) is 10.0. The van der Waals surface area contributed by atoms with Gasteiger partial charge in [-0.05, 0) is 91.2 Å². The molecule has 0 amide bonds. The molecular weight excluding hydrogens is 364 g/mol. The molecule has 4 aliphatic rings. The lowest BCUT2D eigenvalue weighted by Crippen LogP contribution is -2.53. The van der Waals surface area contributed by atoms with Crippen LogP contribution in [0.2, 0.25) is 5.02 Å². The van der Waals surface area contributed by atoms with Crippen molar-refractivity contribution in [3.8, 4) is 0 Å². The number of rotatable bonds is 1. The summed E-state index contributed by atoms with van der Waals surface area (Å²) in [4.78, 5) is 0. The summed E-state index contributed by atoms with van der Waals surface area (Å²) in [6, 6.07) is 8.04. The predicted octanol–water partition coefficient (Wildman–Crippen LogP) is 7.13. The van der Waals surface area contributed by atoms with Crippen molar-refractivity contribution in [2.24, 2.45) is 34.5 Å². The first-order chi connectivity index (χ1) is 13.4. The molecule has 0 spiro atoms. The predicted molar refractivity (Wildman–Crippen MR) is 117 cm³/mol. The molecule has 7 atom stereocenters. The molecule has 0 unspecified atom stereocenters. The second kappa shape index (κ2) is 6.88. The summed E-state index contributed by atoms with van der Waals surface area (Å²) in [5.41, 5.74) is 2.88. The van der Waals surface area contributed by atoms with Crippen LogP contribution in [0, 0.1) is 34.5 Å². The largest absolute Gasteiger partial charge is 0.388 e. The molecule has 0 saturated heterocycles. The van der Waals surface area contributed by atoms with Crippen molar-refractivity contribution in [2.75, 3.05) is 0 Å². The zero-order valence-corrected chi connectivity index (χ0v) is 18.2. The van der Waals surface area contributed by atoms with Crippen LogP contribution in [0.5, 0.6) is 0 Å². The minimum atomic E-state index is -0.313. The van der Waals surface area contributed by atoms with Crippen LogP contribution >= 0.6 is 11.6 Å². The van der Waals surface area contributed by atoms with Crippen molar-refractivity contribution < 1.29 is 5.11 Å². The molecule has 1 aromatic carbocycles. The fourth-order valence-corrected chi connectivity index (χ4v) is 8.28. The molecule has 1 aromatic rings. The Hall–Kier alpha value is -0.790. The molecule has 0 heterocycles. The Balaban J connectivity index is 1.47. The van der Waals surface area contributed by atoms with Crippen molar-refractivity contribution >= 4 is 17.7 Å². The van der Waals surface area contributed by atoms with Crippen LogP contribution in [0.3, 0.4) is 0 Å². The molecule has 4 saturated carbocycles. The minimum Gasteiger partial charge on any atom is -0.388 e. The lowest BCUT2D eigenvalue weighted by molar-refractivity contribution is -0.119. The summed E-state index contributed by atoms with van der Waals surface area (Å²) in [5.74, 6) is 3.26. The SMILES string of the molecule is C[C@]12CCCC[C@@H]1CC[C@H]1[C@H]2CC[C@]2(C)[C@H](O)/C(=C\c3ccccc3Cl)C[C@H]12. The topological polar surface area (TPSA) is 20.2 Å². The maximum Gasteiger partial charge on any atom is 0.0809 e. The Morgan fingerprint density at radius 1 is 0.964 bits per heavy atom. The molecular formula is C26H35ClO. The maximum absolute atomic E-state index is 11.4. The molecule has 0 bridgehead atoms. The molecule has 1 nitrogen and oxygen atoms in total. The van der Waals surface area contributed by atoms with Gasteiger partial charge in [0, 0.05) is 10.4 Å². The van der Waals surface area contributed by atoms with Gasteiger partial charge in [-0.1, -0.05) is 62.6 Å². The van der Waals surface area contributed by atoms with E-state index in [9.17, 15) is 5.11 Å².